The fourth-order valence-electron chi connectivity index (χ4n) is 2.60. The minimum Gasteiger partial charge on any atom is -0.445 e. The molecule has 0 bridgehead atoms. The topological polar surface area (TPSA) is 76.7 Å². The lowest BCUT2D eigenvalue weighted by Gasteiger charge is -2.14. The van der Waals surface area contributed by atoms with Crippen molar-refractivity contribution in [2.45, 2.75) is 51.7 Å². The number of amides is 2. The molecule has 0 radical (unpaired) electrons. The third-order valence-corrected chi connectivity index (χ3v) is 4.40. The molecule has 2 amide bonds. The van der Waals surface area contributed by atoms with Gasteiger partial charge in [0.25, 0.3) is 0 Å². The number of hydrogen-bond donors (Lipinski definition) is 2. The van der Waals surface area contributed by atoms with E-state index in [2.05, 4.69) is 34.3 Å². The van der Waals surface area contributed by atoms with Crippen LogP contribution < -0.4 is 10.6 Å². The zero-order valence-corrected chi connectivity index (χ0v) is 18.4. The molecule has 6 nitrogen and oxygen atoms in total. The van der Waals surface area contributed by atoms with E-state index in [1.165, 1.54) is 0 Å². The third kappa shape index (κ3) is 9.73. The minimum absolute atomic E-state index is 0.318. The first-order valence-corrected chi connectivity index (χ1v) is 10.6. The van der Waals surface area contributed by atoms with E-state index in [9.17, 15) is 9.59 Å². The predicted octanol–water partition coefficient (Wildman–Crippen LogP) is 5.83. The van der Waals surface area contributed by atoms with E-state index >= 15 is 0 Å². The van der Waals surface area contributed by atoms with Gasteiger partial charge in [-0.3, -0.25) is 10.6 Å². The van der Waals surface area contributed by atoms with Crippen molar-refractivity contribution in [3.63, 3.8) is 0 Å². The Kier molecular flexibility index (Phi) is 10.8. The van der Waals surface area contributed by atoms with Gasteiger partial charge in [0.1, 0.15) is 12.2 Å². The van der Waals surface area contributed by atoms with Gasteiger partial charge in [-0.25, -0.2) is 9.59 Å². The highest BCUT2D eigenvalue weighted by Gasteiger charge is 2.12. The zero-order valence-electron chi connectivity index (χ0n) is 18.4. The lowest BCUT2D eigenvalue weighted by molar-refractivity contribution is 0.110. The van der Waals surface area contributed by atoms with Crippen LogP contribution in [0.3, 0.4) is 0 Å². The lowest BCUT2D eigenvalue weighted by Crippen LogP contribution is -2.21. The van der Waals surface area contributed by atoms with Crippen molar-refractivity contribution in [2.75, 3.05) is 10.6 Å². The molecule has 0 fully saturated rings. The molecule has 0 aliphatic carbocycles. The average Bonchev–Trinajstić information content (AvgIpc) is 2.80. The zero-order chi connectivity index (χ0) is 23.0. The molecule has 0 aliphatic heterocycles. The molecule has 0 aromatic heterocycles. The molecule has 0 heterocycles. The second kappa shape index (κ2) is 14.2. The van der Waals surface area contributed by atoms with Gasteiger partial charge in [-0.05, 0) is 48.9 Å². The standard InChI is InChI=1S/C26H28N2O4/c1-3-23(31-25(29)27-21-15-9-7-10-16-21)19-13-5-6-14-20-24(4-2)32-26(30)28-22-17-11-8-12-18-22/h7-12,15-18,23-24H,3-4,19-20H2,1-2H3,(H,27,29)(H,28,30). The van der Waals surface area contributed by atoms with Crippen LogP contribution in [0.1, 0.15) is 39.5 Å². The van der Waals surface area contributed by atoms with Crippen molar-refractivity contribution < 1.29 is 19.1 Å². The quantitative estimate of drug-likeness (QED) is 0.515. The van der Waals surface area contributed by atoms with Crippen LogP contribution in [0.25, 0.3) is 0 Å². The van der Waals surface area contributed by atoms with Crippen LogP contribution in [0.2, 0.25) is 0 Å². The van der Waals surface area contributed by atoms with Crippen LogP contribution in [0.4, 0.5) is 21.0 Å². The van der Waals surface area contributed by atoms with Crippen LogP contribution in [0, 0.1) is 23.7 Å². The largest absolute Gasteiger partial charge is 0.445 e. The van der Waals surface area contributed by atoms with Crippen LogP contribution in [0.15, 0.2) is 60.7 Å². The van der Waals surface area contributed by atoms with Crippen molar-refractivity contribution in [1.29, 1.82) is 0 Å². The van der Waals surface area contributed by atoms with Crippen LogP contribution >= 0.6 is 0 Å². The summed E-state index contributed by atoms with van der Waals surface area (Å²) in [5.74, 6) is 11.4. The Morgan fingerprint density at radius 2 is 1.09 bits per heavy atom. The molecule has 2 atom stereocenters. The maximum atomic E-state index is 12.0. The van der Waals surface area contributed by atoms with Gasteiger partial charge in [0.2, 0.25) is 0 Å². The molecule has 2 unspecified atom stereocenters. The van der Waals surface area contributed by atoms with Gasteiger partial charge in [-0.1, -0.05) is 62.1 Å². The number of rotatable bonds is 8. The van der Waals surface area contributed by atoms with Crippen molar-refractivity contribution in [3.8, 4) is 23.7 Å². The van der Waals surface area contributed by atoms with Crippen LogP contribution in [-0.4, -0.2) is 24.4 Å². The van der Waals surface area contributed by atoms with Crippen molar-refractivity contribution in [3.05, 3.63) is 60.7 Å². The Balaban J connectivity index is 1.73. The Morgan fingerprint density at radius 1 is 0.719 bits per heavy atom. The van der Waals surface area contributed by atoms with Crippen molar-refractivity contribution in [1.82, 2.24) is 0 Å². The number of carbonyl (C=O) groups excluding carboxylic acids is 2. The van der Waals surface area contributed by atoms with Gasteiger partial charge in [0, 0.05) is 24.2 Å². The summed E-state index contributed by atoms with van der Waals surface area (Å²) in [6, 6.07) is 18.2. The highest BCUT2D eigenvalue weighted by molar-refractivity contribution is 5.85. The number of benzene rings is 2. The Labute approximate surface area is 189 Å². The van der Waals surface area contributed by atoms with E-state index in [0.717, 1.165) is 0 Å². The number of hydrogen-bond acceptors (Lipinski definition) is 4. The second-order valence-corrected chi connectivity index (χ2v) is 6.86. The Hall–Kier alpha value is -3.90. The number of para-hydroxylation sites is 2. The van der Waals surface area contributed by atoms with E-state index < -0.39 is 12.2 Å². The first kappa shape index (κ1) is 24.4. The number of carbonyl (C=O) groups is 2. The number of ether oxygens (including phenoxy) is 2. The summed E-state index contributed by atoms with van der Waals surface area (Å²) in [5, 5.41) is 5.37. The molecule has 2 rings (SSSR count). The van der Waals surface area contributed by atoms with E-state index in [1.807, 2.05) is 50.2 Å². The van der Waals surface area contributed by atoms with Gasteiger partial charge in [-0.15, -0.1) is 0 Å². The monoisotopic (exact) mass is 432 g/mol. The summed E-state index contributed by atoms with van der Waals surface area (Å²) in [6.45, 7) is 3.86. The summed E-state index contributed by atoms with van der Waals surface area (Å²) >= 11 is 0. The Morgan fingerprint density at radius 3 is 1.44 bits per heavy atom. The van der Waals surface area contributed by atoms with Gasteiger partial charge in [0.05, 0.1) is 0 Å². The van der Waals surface area contributed by atoms with E-state index in [0.29, 0.717) is 37.1 Å². The summed E-state index contributed by atoms with van der Waals surface area (Å²) in [6.07, 6.45) is 0.420. The molecule has 32 heavy (non-hydrogen) atoms. The van der Waals surface area contributed by atoms with Crippen LogP contribution in [0.5, 0.6) is 0 Å². The lowest BCUT2D eigenvalue weighted by atomic mass is 10.2. The highest BCUT2D eigenvalue weighted by Crippen LogP contribution is 2.10. The highest BCUT2D eigenvalue weighted by atomic mass is 16.6. The summed E-state index contributed by atoms with van der Waals surface area (Å²) in [5.41, 5.74) is 1.35. The van der Waals surface area contributed by atoms with E-state index in [4.69, 9.17) is 9.47 Å². The number of nitrogens with one attached hydrogen (secondary N) is 2. The molecule has 2 aromatic rings. The van der Waals surface area contributed by atoms with Gasteiger partial charge >= 0.3 is 12.2 Å². The second-order valence-electron chi connectivity index (χ2n) is 6.86. The summed E-state index contributed by atoms with van der Waals surface area (Å²) in [4.78, 5) is 23.9. The summed E-state index contributed by atoms with van der Waals surface area (Å²) < 4.78 is 10.8. The molecule has 2 aromatic carbocycles. The molecule has 0 saturated carbocycles. The SMILES string of the molecule is CCC(CC#CC#CCC(CC)OC(=O)Nc1ccccc1)OC(=O)Nc1ccccc1. The maximum Gasteiger partial charge on any atom is 0.411 e. The van der Waals surface area contributed by atoms with Crippen LogP contribution in [-0.2, 0) is 9.47 Å². The van der Waals surface area contributed by atoms with Gasteiger partial charge < -0.3 is 9.47 Å². The third-order valence-electron chi connectivity index (χ3n) is 4.40. The van der Waals surface area contributed by atoms with Crippen molar-refractivity contribution in [2.24, 2.45) is 0 Å². The number of anilines is 2. The van der Waals surface area contributed by atoms with E-state index in [-0.39, 0.29) is 12.2 Å². The molecule has 0 saturated heterocycles. The minimum atomic E-state index is -0.507. The van der Waals surface area contributed by atoms with Gasteiger partial charge in [-0.2, -0.15) is 0 Å². The molecular formula is C26H28N2O4. The fourth-order valence-corrected chi connectivity index (χ4v) is 2.60. The first-order valence-electron chi connectivity index (χ1n) is 10.6. The van der Waals surface area contributed by atoms with Crippen molar-refractivity contribution >= 4 is 23.6 Å². The fraction of sp³-hybridized carbons (Fsp3) is 0.308. The Bertz CT molecular complexity index is 887. The maximum absolute atomic E-state index is 12.0. The molecule has 0 spiro atoms. The van der Waals surface area contributed by atoms with E-state index in [1.54, 1.807) is 24.3 Å². The summed E-state index contributed by atoms with van der Waals surface area (Å²) in [7, 11) is 0. The molecule has 166 valence electrons. The average molecular weight is 433 g/mol. The van der Waals surface area contributed by atoms with Gasteiger partial charge in [0.15, 0.2) is 0 Å². The molecule has 2 N–H and O–H groups in total. The normalized spacial score (nSPS) is 11.4. The molecular weight excluding hydrogens is 404 g/mol. The first-order chi connectivity index (χ1) is 15.6. The predicted molar refractivity (Wildman–Crippen MR) is 126 cm³/mol. The molecule has 0 aliphatic rings. The smallest absolute Gasteiger partial charge is 0.411 e. The molecule has 6 heteroatoms.